The Morgan fingerprint density at radius 1 is 1.16 bits per heavy atom. The number of ether oxygens (including phenoxy) is 1. The Balaban J connectivity index is 1.76. The predicted molar refractivity (Wildman–Crippen MR) is 102 cm³/mol. The van der Waals surface area contributed by atoms with Crippen LogP contribution in [0.15, 0.2) is 64.4 Å². The third kappa shape index (κ3) is 4.07. The molecule has 128 valence electrons. The van der Waals surface area contributed by atoms with Crippen LogP contribution < -0.4 is 21.3 Å². The molecule has 0 radical (unpaired) electrons. The molecule has 0 atom stereocenters. The number of nitrogens with two attached hydrogens (primary N) is 1. The molecule has 7 heteroatoms. The number of H-pyrrole nitrogens is 1. The van der Waals surface area contributed by atoms with Gasteiger partial charge >= 0.3 is 0 Å². The molecule has 0 unspecified atom stereocenters. The average Bonchev–Trinajstić information content (AvgIpc) is 2.98. The summed E-state index contributed by atoms with van der Waals surface area (Å²) in [4.78, 5) is 16.1. The van der Waals surface area contributed by atoms with E-state index in [2.05, 4.69) is 14.7 Å². The van der Waals surface area contributed by atoms with E-state index in [9.17, 15) is 4.79 Å². The van der Waals surface area contributed by atoms with Crippen molar-refractivity contribution in [1.29, 1.82) is 0 Å². The lowest BCUT2D eigenvalue weighted by Crippen LogP contribution is -2.22. The molecule has 25 heavy (non-hydrogen) atoms. The lowest BCUT2D eigenvalue weighted by molar-refractivity contribution is 0.483. The van der Waals surface area contributed by atoms with Gasteiger partial charge in [0.15, 0.2) is 0 Å². The summed E-state index contributed by atoms with van der Waals surface area (Å²) >= 11 is 1.19. The molecule has 1 aromatic heterocycles. The topological polar surface area (TPSA) is 92.5 Å². The van der Waals surface area contributed by atoms with Gasteiger partial charge in [0.25, 0.3) is 5.56 Å². The van der Waals surface area contributed by atoms with Gasteiger partial charge in [-0.25, -0.2) is 0 Å². The van der Waals surface area contributed by atoms with Gasteiger partial charge in [-0.2, -0.15) is 0 Å². The Labute approximate surface area is 149 Å². The van der Waals surface area contributed by atoms with Crippen molar-refractivity contribution in [2.24, 2.45) is 10.7 Å². The number of aromatic nitrogens is 1. The van der Waals surface area contributed by atoms with Crippen LogP contribution in [0.5, 0.6) is 11.5 Å². The molecular weight excluding hydrogens is 336 g/mol. The number of hydrogen-bond donors (Lipinski definition) is 3. The number of aliphatic imine (C=N–C) groups is 1. The van der Waals surface area contributed by atoms with Gasteiger partial charge < -0.3 is 15.8 Å². The van der Waals surface area contributed by atoms with Crippen molar-refractivity contribution in [3.05, 3.63) is 70.5 Å². The van der Waals surface area contributed by atoms with Crippen LogP contribution in [0.2, 0.25) is 0 Å². The molecule has 1 heterocycles. The zero-order chi connectivity index (χ0) is 17.6. The third-order valence-electron chi connectivity index (χ3n) is 3.38. The van der Waals surface area contributed by atoms with Gasteiger partial charge in [0.05, 0.1) is 0 Å². The number of amidine groups is 1. The molecule has 3 rings (SSSR count). The summed E-state index contributed by atoms with van der Waals surface area (Å²) in [6.07, 6.45) is 0. The fraction of sp³-hybridized carbons (Fsp3) is 0.111. The van der Waals surface area contributed by atoms with E-state index in [0.717, 1.165) is 17.2 Å². The second-order valence-corrected chi connectivity index (χ2v) is 5.98. The Kier molecular flexibility index (Phi) is 5.15. The number of benzene rings is 2. The summed E-state index contributed by atoms with van der Waals surface area (Å²) in [5.41, 5.74) is 6.84. The summed E-state index contributed by atoms with van der Waals surface area (Å²) in [6, 6.07) is 17.0. The van der Waals surface area contributed by atoms with Crippen LogP contribution in [0, 0.1) is 0 Å². The van der Waals surface area contributed by atoms with Crippen molar-refractivity contribution in [3.8, 4) is 11.5 Å². The fourth-order valence-corrected chi connectivity index (χ4v) is 3.00. The average molecular weight is 354 g/mol. The van der Waals surface area contributed by atoms with E-state index in [-0.39, 0.29) is 11.4 Å². The summed E-state index contributed by atoms with van der Waals surface area (Å²) in [5, 5.41) is 3.83. The van der Waals surface area contributed by atoms with Gasteiger partial charge in [0.1, 0.15) is 27.9 Å². The highest BCUT2D eigenvalue weighted by atomic mass is 32.1. The van der Waals surface area contributed by atoms with Crippen LogP contribution in [-0.4, -0.2) is 16.8 Å². The number of anilines is 2. The SMILES string of the molecule is CCN=C(N)c1c(Nc2ccc(Oc3ccccc3)cc2)s[nH]c1=O. The smallest absolute Gasteiger partial charge is 0.271 e. The molecule has 0 saturated heterocycles. The summed E-state index contributed by atoms with van der Waals surface area (Å²) in [7, 11) is 0. The molecule has 0 aliphatic heterocycles. The first-order chi connectivity index (χ1) is 12.2. The Hall–Kier alpha value is -3.06. The largest absolute Gasteiger partial charge is 0.457 e. The van der Waals surface area contributed by atoms with Gasteiger partial charge in [-0.3, -0.25) is 14.2 Å². The normalized spacial score (nSPS) is 11.3. The van der Waals surface area contributed by atoms with Crippen molar-refractivity contribution in [1.82, 2.24) is 4.37 Å². The lowest BCUT2D eigenvalue weighted by Gasteiger charge is -2.08. The molecule has 0 amide bonds. The van der Waals surface area contributed by atoms with Gasteiger partial charge in [0.2, 0.25) is 0 Å². The standard InChI is InChI=1S/C18H18N4O2S/c1-2-20-16(19)15-17(23)22-25-18(15)21-12-8-10-14(11-9-12)24-13-6-4-3-5-7-13/h3-11,21H,2H2,1H3,(H2,19,20)(H,22,23). The zero-order valence-electron chi connectivity index (χ0n) is 13.7. The molecular formula is C18H18N4O2S. The van der Waals surface area contributed by atoms with E-state index in [4.69, 9.17) is 10.5 Å². The molecule has 2 aromatic carbocycles. The number of aromatic amines is 1. The third-order valence-corrected chi connectivity index (χ3v) is 4.17. The van der Waals surface area contributed by atoms with Crippen molar-refractivity contribution in [2.45, 2.75) is 6.92 Å². The number of rotatable bonds is 6. The van der Waals surface area contributed by atoms with Crippen LogP contribution in [-0.2, 0) is 0 Å². The monoisotopic (exact) mass is 354 g/mol. The van der Waals surface area contributed by atoms with Gasteiger partial charge in [-0.15, -0.1) is 0 Å². The van der Waals surface area contributed by atoms with Gasteiger partial charge in [-0.05, 0) is 54.9 Å². The maximum atomic E-state index is 11.9. The number of para-hydroxylation sites is 1. The van der Waals surface area contributed by atoms with E-state index in [1.165, 1.54) is 11.5 Å². The second-order valence-electron chi connectivity index (χ2n) is 5.16. The van der Waals surface area contributed by atoms with Crippen molar-refractivity contribution < 1.29 is 4.74 Å². The first kappa shape index (κ1) is 16.8. The number of nitrogens with one attached hydrogen (secondary N) is 2. The minimum Gasteiger partial charge on any atom is -0.457 e. The van der Waals surface area contributed by atoms with E-state index < -0.39 is 0 Å². The van der Waals surface area contributed by atoms with Gasteiger partial charge in [0, 0.05) is 12.2 Å². The van der Waals surface area contributed by atoms with Crippen LogP contribution >= 0.6 is 11.5 Å². The molecule has 0 bridgehead atoms. The molecule has 0 saturated carbocycles. The zero-order valence-corrected chi connectivity index (χ0v) is 14.5. The quantitative estimate of drug-likeness (QED) is 0.465. The number of nitrogens with zero attached hydrogens (tertiary/aromatic N) is 1. The number of hydrogen-bond acceptors (Lipinski definition) is 5. The maximum absolute atomic E-state index is 11.9. The Morgan fingerprint density at radius 2 is 1.84 bits per heavy atom. The molecule has 4 N–H and O–H groups in total. The van der Waals surface area contributed by atoms with Gasteiger partial charge in [-0.1, -0.05) is 18.2 Å². The van der Waals surface area contributed by atoms with Crippen molar-refractivity contribution in [3.63, 3.8) is 0 Å². The first-order valence-corrected chi connectivity index (χ1v) is 8.60. The van der Waals surface area contributed by atoms with Crippen LogP contribution in [0.25, 0.3) is 0 Å². The van der Waals surface area contributed by atoms with E-state index in [1.807, 2.05) is 61.5 Å². The summed E-state index contributed by atoms with van der Waals surface area (Å²) in [6.45, 7) is 2.39. The van der Waals surface area contributed by atoms with E-state index >= 15 is 0 Å². The van der Waals surface area contributed by atoms with Crippen LogP contribution in [0.3, 0.4) is 0 Å². The summed E-state index contributed by atoms with van der Waals surface area (Å²) < 4.78 is 8.44. The minimum atomic E-state index is -0.244. The molecule has 0 spiro atoms. The summed E-state index contributed by atoms with van der Waals surface area (Å²) in [5.74, 6) is 1.74. The van der Waals surface area contributed by atoms with Crippen molar-refractivity contribution in [2.75, 3.05) is 11.9 Å². The predicted octanol–water partition coefficient (Wildman–Crippen LogP) is 3.70. The van der Waals surface area contributed by atoms with Crippen LogP contribution in [0.4, 0.5) is 10.7 Å². The second kappa shape index (κ2) is 7.67. The maximum Gasteiger partial charge on any atom is 0.271 e. The molecule has 0 aliphatic carbocycles. The highest BCUT2D eigenvalue weighted by Gasteiger charge is 2.14. The minimum absolute atomic E-state index is 0.233. The molecule has 0 fully saturated rings. The van der Waals surface area contributed by atoms with Crippen LogP contribution in [0.1, 0.15) is 12.5 Å². The molecule has 6 nitrogen and oxygen atoms in total. The highest BCUT2D eigenvalue weighted by Crippen LogP contribution is 2.26. The Morgan fingerprint density at radius 3 is 2.52 bits per heavy atom. The van der Waals surface area contributed by atoms with E-state index in [1.54, 1.807) is 0 Å². The lowest BCUT2D eigenvalue weighted by atomic mass is 10.2. The first-order valence-electron chi connectivity index (χ1n) is 7.79. The highest BCUT2D eigenvalue weighted by molar-refractivity contribution is 7.10. The van der Waals surface area contributed by atoms with Crippen molar-refractivity contribution >= 4 is 28.1 Å². The molecule has 3 aromatic rings. The Bertz CT molecular complexity index is 914. The van der Waals surface area contributed by atoms with E-state index in [0.29, 0.717) is 17.1 Å². The molecule has 0 aliphatic rings. The fourth-order valence-electron chi connectivity index (χ4n) is 2.23.